The molecule has 0 spiro atoms. The summed E-state index contributed by atoms with van der Waals surface area (Å²) in [6, 6.07) is 16.2. The number of ketones is 1. The lowest BCUT2D eigenvalue weighted by molar-refractivity contribution is -0.385. The summed E-state index contributed by atoms with van der Waals surface area (Å²) >= 11 is 0. The van der Waals surface area contributed by atoms with Crippen LogP contribution in [0.2, 0.25) is 0 Å². The van der Waals surface area contributed by atoms with Gasteiger partial charge in [0.25, 0.3) is 5.69 Å². The van der Waals surface area contributed by atoms with Gasteiger partial charge in [0.2, 0.25) is 0 Å². The molecule has 2 aromatic carbocycles. The van der Waals surface area contributed by atoms with Crippen LogP contribution in [0.1, 0.15) is 17.5 Å². The first-order valence-electron chi connectivity index (χ1n) is 7.57. The van der Waals surface area contributed by atoms with E-state index in [1.165, 1.54) is 12.1 Å². The lowest BCUT2D eigenvalue weighted by Crippen LogP contribution is -2.45. The summed E-state index contributed by atoms with van der Waals surface area (Å²) in [7, 11) is 1.91. The zero-order chi connectivity index (χ0) is 16.4. The van der Waals surface area contributed by atoms with E-state index in [2.05, 4.69) is 0 Å². The van der Waals surface area contributed by atoms with Crippen molar-refractivity contribution in [2.24, 2.45) is 0 Å². The number of Topliss-reactive ketones (excluding diaryl/α,β-unsaturated/α-hetero) is 1. The largest absolute Gasteiger partial charge is 0.297 e. The Kier molecular flexibility index (Phi) is 3.96. The average molecular weight is 310 g/mol. The number of benzene rings is 2. The van der Waals surface area contributed by atoms with Crippen molar-refractivity contribution in [2.75, 3.05) is 13.6 Å². The maximum Gasteiger partial charge on any atom is 0.269 e. The third-order valence-corrected chi connectivity index (χ3v) is 4.62. The van der Waals surface area contributed by atoms with Gasteiger partial charge in [0.15, 0.2) is 5.78 Å². The Morgan fingerprint density at radius 1 is 1.17 bits per heavy atom. The van der Waals surface area contributed by atoms with Gasteiger partial charge in [-0.1, -0.05) is 42.5 Å². The van der Waals surface area contributed by atoms with Crippen LogP contribution in [0, 0.1) is 10.1 Å². The summed E-state index contributed by atoms with van der Waals surface area (Å²) in [6.45, 7) is 0.661. The van der Waals surface area contributed by atoms with Crippen molar-refractivity contribution in [3.05, 3.63) is 75.8 Å². The molecular formula is C18H18N2O3. The van der Waals surface area contributed by atoms with E-state index in [1.54, 1.807) is 6.07 Å². The number of non-ortho nitro benzene ring substituents is 1. The number of nitrogens with zero attached hydrogens (tertiary/aromatic N) is 2. The highest BCUT2D eigenvalue weighted by atomic mass is 16.6. The lowest BCUT2D eigenvalue weighted by Gasteiger charge is -2.35. The third kappa shape index (κ3) is 2.64. The molecule has 0 N–H and O–H groups in total. The first kappa shape index (κ1) is 15.4. The number of carbonyl (C=O) groups is 1. The molecule has 1 saturated heterocycles. The predicted octanol–water partition coefficient (Wildman–Crippen LogP) is 2.94. The molecule has 1 atom stereocenters. The molecule has 5 heteroatoms. The van der Waals surface area contributed by atoms with Crippen molar-refractivity contribution in [3.63, 3.8) is 0 Å². The molecule has 1 aliphatic rings. The monoisotopic (exact) mass is 310 g/mol. The highest BCUT2D eigenvalue weighted by Gasteiger charge is 2.48. The number of hydrogen-bond donors (Lipinski definition) is 0. The van der Waals surface area contributed by atoms with Crippen molar-refractivity contribution < 1.29 is 9.72 Å². The van der Waals surface area contributed by atoms with Gasteiger partial charge in [-0.05, 0) is 18.2 Å². The number of hydrogen-bond acceptors (Lipinski definition) is 4. The Bertz CT molecular complexity index is 745. The van der Waals surface area contributed by atoms with Crippen molar-refractivity contribution in [1.82, 2.24) is 4.90 Å². The van der Waals surface area contributed by atoms with E-state index in [-0.39, 0.29) is 11.5 Å². The van der Waals surface area contributed by atoms with Crippen LogP contribution >= 0.6 is 0 Å². The summed E-state index contributed by atoms with van der Waals surface area (Å²) in [5, 5.41) is 11.1. The molecule has 1 unspecified atom stereocenters. The van der Waals surface area contributed by atoms with Crippen LogP contribution in [-0.4, -0.2) is 29.2 Å². The first-order chi connectivity index (χ1) is 11.0. The smallest absolute Gasteiger partial charge is 0.269 e. The highest BCUT2D eigenvalue weighted by Crippen LogP contribution is 2.39. The van der Waals surface area contributed by atoms with Crippen molar-refractivity contribution in [3.8, 4) is 0 Å². The van der Waals surface area contributed by atoms with Crippen molar-refractivity contribution in [1.29, 1.82) is 0 Å². The number of nitro benzene ring substituents is 1. The molecule has 1 fully saturated rings. The van der Waals surface area contributed by atoms with E-state index in [0.29, 0.717) is 24.9 Å². The number of nitro groups is 1. The quantitative estimate of drug-likeness (QED) is 0.643. The van der Waals surface area contributed by atoms with Crippen LogP contribution in [0.15, 0.2) is 54.6 Å². The van der Waals surface area contributed by atoms with Crippen molar-refractivity contribution >= 4 is 11.5 Å². The SMILES string of the molecule is CN1CCC(=O)C1(Cc1ccccc1)c1cccc([N+](=O)[O-])c1. The van der Waals surface area contributed by atoms with E-state index >= 15 is 0 Å². The van der Waals surface area contributed by atoms with Crippen LogP contribution in [0.4, 0.5) is 5.69 Å². The van der Waals surface area contributed by atoms with Gasteiger partial charge in [-0.3, -0.25) is 19.8 Å². The molecule has 0 aliphatic carbocycles. The van der Waals surface area contributed by atoms with Crippen LogP contribution < -0.4 is 0 Å². The minimum absolute atomic E-state index is 0.0167. The number of likely N-dealkylation sites (tertiary alicyclic amines) is 1. The van der Waals surface area contributed by atoms with E-state index in [9.17, 15) is 14.9 Å². The number of carbonyl (C=O) groups excluding carboxylic acids is 1. The topological polar surface area (TPSA) is 63.5 Å². The molecule has 0 radical (unpaired) electrons. The van der Waals surface area contributed by atoms with Gasteiger partial charge in [-0.2, -0.15) is 0 Å². The van der Waals surface area contributed by atoms with Crippen LogP contribution in [-0.2, 0) is 16.8 Å². The second-order valence-electron chi connectivity index (χ2n) is 5.92. The first-order valence-corrected chi connectivity index (χ1v) is 7.57. The van der Waals surface area contributed by atoms with E-state index in [0.717, 1.165) is 5.56 Å². The summed E-state index contributed by atoms with van der Waals surface area (Å²) in [6.07, 6.45) is 0.983. The van der Waals surface area contributed by atoms with E-state index < -0.39 is 10.5 Å². The third-order valence-electron chi connectivity index (χ3n) is 4.62. The molecule has 1 aliphatic heterocycles. The fourth-order valence-electron chi connectivity index (χ4n) is 3.36. The Labute approximate surface area is 134 Å². The molecular weight excluding hydrogens is 292 g/mol. The summed E-state index contributed by atoms with van der Waals surface area (Å²) in [4.78, 5) is 25.5. The molecule has 0 saturated carbocycles. The summed E-state index contributed by atoms with van der Waals surface area (Å²) in [5.41, 5.74) is 0.928. The van der Waals surface area contributed by atoms with Crippen LogP contribution in [0.3, 0.4) is 0 Å². The van der Waals surface area contributed by atoms with Gasteiger partial charge < -0.3 is 0 Å². The fourth-order valence-corrected chi connectivity index (χ4v) is 3.36. The zero-order valence-corrected chi connectivity index (χ0v) is 12.9. The van der Waals surface area contributed by atoms with Crippen LogP contribution in [0.5, 0.6) is 0 Å². The second kappa shape index (κ2) is 5.93. The van der Waals surface area contributed by atoms with E-state index in [1.807, 2.05) is 48.3 Å². The summed E-state index contributed by atoms with van der Waals surface area (Å²) < 4.78 is 0. The lowest BCUT2D eigenvalue weighted by atomic mass is 9.80. The van der Waals surface area contributed by atoms with Crippen molar-refractivity contribution in [2.45, 2.75) is 18.4 Å². The van der Waals surface area contributed by atoms with Gasteiger partial charge in [0.1, 0.15) is 5.54 Å². The predicted molar refractivity (Wildman–Crippen MR) is 87.2 cm³/mol. The van der Waals surface area contributed by atoms with Gasteiger partial charge in [0, 0.05) is 31.5 Å². The maximum absolute atomic E-state index is 12.8. The van der Waals surface area contributed by atoms with Gasteiger partial charge in [-0.25, -0.2) is 0 Å². The molecule has 3 rings (SSSR count). The zero-order valence-electron chi connectivity index (χ0n) is 12.9. The van der Waals surface area contributed by atoms with Gasteiger partial charge in [0.05, 0.1) is 4.92 Å². The molecule has 0 bridgehead atoms. The minimum Gasteiger partial charge on any atom is -0.297 e. The molecule has 1 heterocycles. The minimum atomic E-state index is -0.826. The molecule has 2 aromatic rings. The molecule has 0 aromatic heterocycles. The Morgan fingerprint density at radius 3 is 2.52 bits per heavy atom. The Hall–Kier alpha value is -2.53. The van der Waals surface area contributed by atoms with Crippen LogP contribution in [0.25, 0.3) is 0 Å². The highest BCUT2D eigenvalue weighted by molar-refractivity contribution is 5.92. The standard InChI is InChI=1S/C18H18N2O3/c1-19-11-10-17(21)18(19,13-14-6-3-2-4-7-14)15-8-5-9-16(12-15)20(22)23/h2-9,12H,10-11,13H2,1H3. The molecule has 118 valence electrons. The van der Waals surface area contributed by atoms with E-state index in [4.69, 9.17) is 0 Å². The maximum atomic E-state index is 12.8. The van der Waals surface area contributed by atoms with Gasteiger partial charge >= 0.3 is 0 Å². The number of likely N-dealkylation sites (N-methyl/N-ethyl adjacent to an activating group) is 1. The average Bonchev–Trinajstić information content (AvgIpc) is 2.85. The Morgan fingerprint density at radius 2 is 1.91 bits per heavy atom. The fraction of sp³-hybridized carbons (Fsp3) is 0.278. The molecule has 5 nitrogen and oxygen atoms in total. The normalized spacial score (nSPS) is 21.5. The number of rotatable bonds is 4. The molecule has 23 heavy (non-hydrogen) atoms. The molecule has 0 amide bonds. The van der Waals surface area contributed by atoms with Gasteiger partial charge in [-0.15, -0.1) is 0 Å². The second-order valence-corrected chi connectivity index (χ2v) is 5.92. The Balaban J connectivity index is 2.11. The summed E-state index contributed by atoms with van der Waals surface area (Å²) in [5.74, 6) is 0.115.